The van der Waals surface area contributed by atoms with Crippen molar-refractivity contribution in [3.05, 3.63) is 29.8 Å². The number of rotatable bonds is 2. The van der Waals surface area contributed by atoms with Crippen molar-refractivity contribution in [2.24, 2.45) is 5.92 Å². The fraction of sp³-hybridized carbons (Fsp3) is 0.500. The van der Waals surface area contributed by atoms with Gasteiger partial charge >= 0.3 is 0 Å². The Kier molecular flexibility index (Phi) is 2.89. The van der Waals surface area contributed by atoms with Crippen LogP contribution in [0.15, 0.2) is 18.2 Å². The van der Waals surface area contributed by atoms with Gasteiger partial charge in [-0.05, 0) is 30.9 Å². The second-order valence-corrected chi connectivity index (χ2v) is 4.32. The van der Waals surface area contributed by atoms with Crippen LogP contribution in [0.25, 0.3) is 0 Å². The van der Waals surface area contributed by atoms with Crippen molar-refractivity contribution < 1.29 is 8.78 Å². The molecule has 0 unspecified atom stereocenters. The van der Waals surface area contributed by atoms with E-state index in [0.29, 0.717) is 17.6 Å². The molecule has 0 spiro atoms. The number of nitrogens with one attached hydrogen (secondary N) is 1. The van der Waals surface area contributed by atoms with E-state index in [0.717, 1.165) is 12.5 Å². The Hall–Kier alpha value is -1.12. The maximum Gasteiger partial charge on any atom is 0.128 e. The van der Waals surface area contributed by atoms with Gasteiger partial charge in [0.2, 0.25) is 0 Å². The van der Waals surface area contributed by atoms with Gasteiger partial charge in [0.1, 0.15) is 11.6 Å². The molecule has 0 saturated heterocycles. The summed E-state index contributed by atoms with van der Waals surface area (Å²) in [5, 5.41) is 3.19. The molecule has 1 aliphatic rings. The molecule has 0 heterocycles. The Balaban J connectivity index is 2.10. The Bertz CT molecular complexity index is 331. The number of halogens is 2. The second-order valence-electron chi connectivity index (χ2n) is 4.32. The van der Waals surface area contributed by atoms with E-state index < -0.39 is 11.6 Å². The largest absolute Gasteiger partial charge is 0.382 e. The average molecular weight is 211 g/mol. The monoisotopic (exact) mass is 211 g/mol. The van der Waals surface area contributed by atoms with E-state index in [9.17, 15) is 8.78 Å². The van der Waals surface area contributed by atoms with Gasteiger partial charge in [0.15, 0.2) is 0 Å². The van der Waals surface area contributed by atoms with Crippen molar-refractivity contribution >= 4 is 5.69 Å². The first-order valence-electron chi connectivity index (χ1n) is 5.38. The lowest BCUT2D eigenvalue weighted by atomic mass is 10.1. The topological polar surface area (TPSA) is 12.0 Å². The van der Waals surface area contributed by atoms with Crippen molar-refractivity contribution in [2.75, 3.05) is 5.32 Å². The third kappa shape index (κ3) is 2.46. The number of hydrogen-bond acceptors (Lipinski definition) is 1. The van der Waals surface area contributed by atoms with Crippen LogP contribution >= 0.6 is 0 Å². The van der Waals surface area contributed by atoms with Crippen LogP contribution in [0.4, 0.5) is 14.5 Å². The Morgan fingerprint density at radius 3 is 2.33 bits per heavy atom. The summed E-state index contributed by atoms with van der Waals surface area (Å²) in [6.45, 7) is 2.17. The molecular weight excluding hydrogens is 196 g/mol. The highest BCUT2D eigenvalue weighted by atomic mass is 19.1. The lowest BCUT2D eigenvalue weighted by Gasteiger charge is -2.18. The van der Waals surface area contributed by atoms with Crippen molar-refractivity contribution in [1.82, 2.24) is 0 Å². The lowest BCUT2D eigenvalue weighted by Crippen LogP contribution is -2.21. The van der Waals surface area contributed by atoms with Crippen LogP contribution in [-0.4, -0.2) is 6.04 Å². The van der Waals surface area contributed by atoms with E-state index in [-0.39, 0.29) is 0 Å². The fourth-order valence-corrected chi connectivity index (χ4v) is 2.21. The molecule has 1 aromatic rings. The van der Waals surface area contributed by atoms with E-state index in [2.05, 4.69) is 12.2 Å². The zero-order valence-corrected chi connectivity index (χ0v) is 8.76. The molecule has 1 aromatic carbocycles. The van der Waals surface area contributed by atoms with Gasteiger partial charge in [-0.3, -0.25) is 0 Å². The van der Waals surface area contributed by atoms with Crippen LogP contribution in [0.5, 0.6) is 0 Å². The van der Waals surface area contributed by atoms with Gasteiger partial charge in [-0.15, -0.1) is 0 Å². The first-order valence-corrected chi connectivity index (χ1v) is 5.38. The minimum absolute atomic E-state index is 0.353. The van der Waals surface area contributed by atoms with Gasteiger partial charge in [-0.1, -0.05) is 13.3 Å². The molecule has 0 aliphatic heterocycles. The van der Waals surface area contributed by atoms with E-state index in [4.69, 9.17) is 0 Å². The van der Waals surface area contributed by atoms with Crippen LogP contribution in [0.3, 0.4) is 0 Å². The highest BCUT2D eigenvalue weighted by molar-refractivity contribution is 5.44. The van der Waals surface area contributed by atoms with Gasteiger partial charge in [-0.25, -0.2) is 8.78 Å². The van der Waals surface area contributed by atoms with Gasteiger partial charge in [0.25, 0.3) is 0 Å². The summed E-state index contributed by atoms with van der Waals surface area (Å²) in [6, 6.07) is 3.93. The standard InChI is InChI=1S/C12H15F2N/c1-8-3-2-4-12(8)15-11-6-9(13)5-10(14)7-11/h5-8,12,15H,2-4H2,1H3/t8-,12+/m1/s1. The van der Waals surface area contributed by atoms with Gasteiger partial charge in [0.05, 0.1) is 0 Å². The zero-order chi connectivity index (χ0) is 10.8. The molecule has 3 heteroatoms. The minimum atomic E-state index is -0.525. The van der Waals surface area contributed by atoms with Crippen LogP contribution in [-0.2, 0) is 0 Å². The Labute approximate surface area is 88.5 Å². The predicted molar refractivity (Wildman–Crippen MR) is 56.8 cm³/mol. The number of anilines is 1. The molecule has 1 nitrogen and oxygen atoms in total. The quantitative estimate of drug-likeness (QED) is 0.788. The highest BCUT2D eigenvalue weighted by Crippen LogP contribution is 2.28. The molecule has 1 saturated carbocycles. The molecule has 1 aliphatic carbocycles. The molecule has 0 aromatic heterocycles. The Morgan fingerprint density at radius 1 is 1.13 bits per heavy atom. The molecule has 15 heavy (non-hydrogen) atoms. The van der Waals surface area contributed by atoms with Gasteiger partial charge < -0.3 is 5.32 Å². The highest BCUT2D eigenvalue weighted by Gasteiger charge is 2.23. The summed E-state index contributed by atoms with van der Waals surface area (Å²) in [7, 11) is 0. The molecule has 1 N–H and O–H groups in total. The molecule has 2 rings (SSSR count). The van der Waals surface area contributed by atoms with Crippen LogP contribution in [0, 0.1) is 17.6 Å². The second kappa shape index (κ2) is 4.17. The van der Waals surface area contributed by atoms with E-state index in [1.54, 1.807) is 0 Å². The third-order valence-corrected chi connectivity index (χ3v) is 3.08. The van der Waals surface area contributed by atoms with Crippen LogP contribution < -0.4 is 5.32 Å². The molecule has 0 radical (unpaired) electrons. The van der Waals surface area contributed by atoms with Crippen molar-refractivity contribution in [3.8, 4) is 0 Å². The summed E-state index contributed by atoms with van der Waals surface area (Å²) >= 11 is 0. The molecule has 0 bridgehead atoms. The van der Waals surface area contributed by atoms with E-state index in [1.807, 2.05) is 0 Å². The molecule has 1 fully saturated rings. The summed E-state index contributed by atoms with van der Waals surface area (Å²) in [5.74, 6) is -0.470. The number of hydrogen-bond donors (Lipinski definition) is 1. The van der Waals surface area contributed by atoms with E-state index in [1.165, 1.54) is 25.0 Å². The Morgan fingerprint density at radius 2 is 1.80 bits per heavy atom. The summed E-state index contributed by atoms with van der Waals surface area (Å²) < 4.78 is 25.8. The van der Waals surface area contributed by atoms with E-state index >= 15 is 0 Å². The molecule has 2 atom stereocenters. The van der Waals surface area contributed by atoms with Crippen molar-refractivity contribution in [3.63, 3.8) is 0 Å². The zero-order valence-electron chi connectivity index (χ0n) is 8.76. The minimum Gasteiger partial charge on any atom is -0.382 e. The third-order valence-electron chi connectivity index (χ3n) is 3.08. The summed E-state index contributed by atoms with van der Waals surface area (Å²) in [5.41, 5.74) is 0.547. The van der Waals surface area contributed by atoms with Gasteiger partial charge in [-0.2, -0.15) is 0 Å². The maximum absolute atomic E-state index is 12.9. The van der Waals surface area contributed by atoms with Crippen molar-refractivity contribution in [1.29, 1.82) is 0 Å². The summed E-state index contributed by atoms with van der Waals surface area (Å²) in [6.07, 6.45) is 3.46. The maximum atomic E-state index is 12.9. The lowest BCUT2D eigenvalue weighted by molar-refractivity contribution is 0.552. The first-order chi connectivity index (χ1) is 7.15. The van der Waals surface area contributed by atoms with Gasteiger partial charge in [0, 0.05) is 17.8 Å². The molecule has 82 valence electrons. The predicted octanol–water partition coefficient (Wildman–Crippen LogP) is 3.57. The summed E-state index contributed by atoms with van der Waals surface area (Å²) in [4.78, 5) is 0. The van der Waals surface area contributed by atoms with Crippen LogP contribution in [0.2, 0.25) is 0 Å². The smallest absolute Gasteiger partial charge is 0.128 e. The number of benzene rings is 1. The van der Waals surface area contributed by atoms with Crippen molar-refractivity contribution in [2.45, 2.75) is 32.2 Å². The normalized spacial score (nSPS) is 25.5. The first kappa shape index (κ1) is 10.4. The molecular formula is C12H15F2N. The molecule has 0 amide bonds. The SMILES string of the molecule is C[C@@H]1CCC[C@@H]1Nc1cc(F)cc(F)c1. The average Bonchev–Trinajstić information content (AvgIpc) is 2.50. The van der Waals surface area contributed by atoms with Crippen LogP contribution in [0.1, 0.15) is 26.2 Å². The fourth-order valence-electron chi connectivity index (χ4n) is 2.21.